The first-order chi connectivity index (χ1) is 14.4. The van der Waals surface area contributed by atoms with E-state index in [2.05, 4.69) is 48.5 Å². The van der Waals surface area contributed by atoms with Gasteiger partial charge in [0.1, 0.15) is 6.04 Å². The van der Waals surface area contributed by atoms with E-state index in [4.69, 9.17) is 0 Å². The van der Waals surface area contributed by atoms with Gasteiger partial charge < -0.3 is 5.32 Å². The van der Waals surface area contributed by atoms with Crippen LogP contribution in [0, 0.1) is 0 Å². The Morgan fingerprint density at radius 1 is 1.13 bits per heavy atom. The maximum Gasteiger partial charge on any atom is 0.250 e. The summed E-state index contributed by atoms with van der Waals surface area (Å²) in [6, 6.07) is 9.87. The van der Waals surface area contributed by atoms with Crippen molar-refractivity contribution in [2.75, 3.05) is 11.4 Å². The molecule has 2 heterocycles. The highest BCUT2D eigenvalue weighted by molar-refractivity contribution is 6.00. The number of amides is 2. The van der Waals surface area contributed by atoms with Crippen molar-refractivity contribution in [1.29, 1.82) is 0 Å². The molecule has 2 amide bonds. The SMILES string of the molecule is CC(C)c1ccc(C2(C(=O)NC3CCCN(c4ccn(C)n4)C3=O)CCCC2)cc1. The first kappa shape index (κ1) is 20.6. The molecule has 0 radical (unpaired) electrons. The monoisotopic (exact) mass is 408 g/mol. The fraction of sp³-hybridized carbons (Fsp3) is 0.542. The molecule has 1 aliphatic heterocycles. The van der Waals surface area contributed by atoms with E-state index in [1.165, 1.54) is 5.56 Å². The van der Waals surface area contributed by atoms with Gasteiger partial charge in [-0.1, -0.05) is 51.0 Å². The lowest BCUT2D eigenvalue weighted by atomic mass is 9.77. The Morgan fingerprint density at radius 3 is 2.43 bits per heavy atom. The number of hydrogen-bond donors (Lipinski definition) is 1. The first-order valence-electron chi connectivity index (χ1n) is 11.1. The van der Waals surface area contributed by atoms with E-state index in [0.29, 0.717) is 24.7 Å². The number of carbonyl (C=O) groups excluding carboxylic acids is 2. The highest BCUT2D eigenvalue weighted by atomic mass is 16.2. The number of nitrogens with one attached hydrogen (secondary N) is 1. The van der Waals surface area contributed by atoms with Crippen LogP contribution in [0.15, 0.2) is 36.5 Å². The summed E-state index contributed by atoms with van der Waals surface area (Å²) in [5.41, 5.74) is 1.83. The van der Waals surface area contributed by atoms with Gasteiger partial charge in [-0.25, -0.2) is 0 Å². The van der Waals surface area contributed by atoms with Gasteiger partial charge in [-0.2, -0.15) is 5.10 Å². The van der Waals surface area contributed by atoms with E-state index >= 15 is 0 Å². The van der Waals surface area contributed by atoms with E-state index in [9.17, 15) is 9.59 Å². The molecule has 1 unspecified atom stereocenters. The molecule has 6 nitrogen and oxygen atoms in total. The molecule has 2 aromatic rings. The van der Waals surface area contributed by atoms with Crippen LogP contribution in [-0.4, -0.2) is 34.2 Å². The number of anilines is 1. The molecule has 1 aromatic carbocycles. The quantitative estimate of drug-likeness (QED) is 0.821. The lowest BCUT2D eigenvalue weighted by Crippen LogP contribution is -2.56. The summed E-state index contributed by atoms with van der Waals surface area (Å²) in [5.74, 6) is 1.06. The molecule has 0 bridgehead atoms. The summed E-state index contributed by atoms with van der Waals surface area (Å²) in [6.07, 6.45) is 7.12. The van der Waals surface area contributed by atoms with E-state index in [0.717, 1.165) is 37.7 Å². The van der Waals surface area contributed by atoms with Gasteiger partial charge in [-0.05, 0) is 42.7 Å². The zero-order valence-electron chi connectivity index (χ0n) is 18.2. The standard InChI is InChI=1S/C24H32N4O2/c1-17(2)18-8-10-19(11-9-18)24(13-4-5-14-24)23(30)25-20-7-6-15-28(22(20)29)21-12-16-27(3)26-21/h8-12,16-17,20H,4-7,13-15H2,1-3H3,(H,25,30). The van der Waals surface area contributed by atoms with Crippen molar-refractivity contribution in [2.45, 2.75) is 69.7 Å². The maximum atomic E-state index is 13.5. The maximum absolute atomic E-state index is 13.5. The van der Waals surface area contributed by atoms with Crippen LogP contribution in [0.3, 0.4) is 0 Å². The largest absolute Gasteiger partial charge is 0.344 e. The van der Waals surface area contributed by atoms with Gasteiger partial charge in [0.2, 0.25) is 5.91 Å². The zero-order chi connectivity index (χ0) is 21.3. The van der Waals surface area contributed by atoms with Gasteiger partial charge in [0.15, 0.2) is 5.82 Å². The van der Waals surface area contributed by atoms with E-state index in [1.54, 1.807) is 9.58 Å². The predicted octanol–water partition coefficient (Wildman–Crippen LogP) is 3.67. The number of carbonyl (C=O) groups is 2. The topological polar surface area (TPSA) is 67.2 Å². The minimum atomic E-state index is -0.525. The summed E-state index contributed by atoms with van der Waals surface area (Å²) in [7, 11) is 1.84. The van der Waals surface area contributed by atoms with Crippen LogP contribution >= 0.6 is 0 Å². The average Bonchev–Trinajstić information content (AvgIpc) is 3.40. The number of hydrogen-bond acceptors (Lipinski definition) is 3. The van der Waals surface area contributed by atoms with Crippen molar-refractivity contribution in [3.8, 4) is 0 Å². The van der Waals surface area contributed by atoms with Gasteiger partial charge >= 0.3 is 0 Å². The van der Waals surface area contributed by atoms with E-state index in [1.807, 2.05) is 19.3 Å². The lowest BCUT2D eigenvalue weighted by Gasteiger charge is -2.35. The third-order valence-electron chi connectivity index (χ3n) is 6.74. The lowest BCUT2D eigenvalue weighted by molar-refractivity contribution is -0.132. The van der Waals surface area contributed by atoms with Crippen LogP contribution in [0.25, 0.3) is 0 Å². The smallest absolute Gasteiger partial charge is 0.250 e. The molecule has 1 aliphatic carbocycles. The van der Waals surface area contributed by atoms with Crippen molar-refractivity contribution in [2.24, 2.45) is 7.05 Å². The van der Waals surface area contributed by atoms with Crippen molar-refractivity contribution in [3.05, 3.63) is 47.7 Å². The van der Waals surface area contributed by atoms with Gasteiger partial charge in [0.25, 0.3) is 5.91 Å². The first-order valence-corrected chi connectivity index (χ1v) is 11.1. The van der Waals surface area contributed by atoms with Crippen molar-refractivity contribution >= 4 is 17.6 Å². The molecule has 30 heavy (non-hydrogen) atoms. The molecule has 1 N–H and O–H groups in total. The number of piperidine rings is 1. The predicted molar refractivity (Wildman–Crippen MR) is 117 cm³/mol. The molecule has 4 rings (SSSR count). The van der Waals surface area contributed by atoms with Gasteiger partial charge in [-0.3, -0.25) is 19.2 Å². The fourth-order valence-corrected chi connectivity index (χ4v) is 4.89. The van der Waals surface area contributed by atoms with Crippen molar-refractivity contribution in [1.82, 2.24) is 15.1 Å². The molecule has 6 heteroatoms. The minimum absolute atomic E-state index is 0.00137. The van der Waals surface area contributed by atoms with Crippen LogP contribution in [0.1, 0.15) is 69.4 Å². The number of nitrogens with zero attached hydrogens (tertiary/aromatic N) is 3. The average molecular weight is 409 g/mol. The second-order valence-corrected chi connectivity index (χ2v) is 9.07. The molecular weight excluding hydrogens is 376 g/mol. The Labute approximate surface area is 178 Å². The summed E-state index contributed by atoms with van der Waals surface area (Å²) in [4.78, 5) is 28.4. The number of aryl methyl sites for hydroxylation is 1. The number of aromatic nitrogens is 2. The van der Waals surface area contributed by atoms with Crippen LogP contribution < -0.4 is 10.2 Å². The Morgan fingerprint density at radius 2 is 1.83 bits per heavy atom. The van der Waals surface area contributed by atoms with E-state index < -0.39 is 11.5 Å². The van der Waals surface area contributed by atoms with Crippen molar-refractivity contribution < 1.29 is 9.59 Å². The van der Waals surface area contributed by atoms with Gasteiger partial charge in [0, 0.05) is 25.9 Å². The van der Waals surface area contributed by atoms with Crippen LogP contribution in [0.5, 0.6) is 0 Å². The number of benzene rings is 1. The zero-order valence-corrected chi connectivity index (χ0v) is 18.2. The van der Waals surface area contributed by atoms with Gasteiger partial charge in [-0.15, -0.1) is 0 Å². The van der Waals surface area contributed by atoms with E-state index in [-0.39, 0.29) is 11.8 Å². The fourth-order valence-electron chi connectivity index (χ4n) is 4.89. The normalized spacial score (nSPS) is 21.3. The molecule has 0 spiro atoms. The van der Waals surface area contributed by atoms with Crippen LogP contribution in [0.2, 0.25) is 0 Å². The molecular formula is C24H32N4O2. The Bertz CT molecular complexity index is 910. The summed E-state index contributed by atoms with van der Waals surface area (Å²) in [5, 5.41) is 7.50. The molecule has 1 saturated carbocycles. The molecule has 2 aliphatic rings. The third-order valence-corrected chi connectivity index (χ3v) is 6.74. The molecule has 2 fully saturated rings. The highest BCUT2D eigenvalue weighted by Crippen LogP contribution is 2.42. The highest BCUT2D eigenvalue weighted by Gasteiger charge is 2.44. The Kier molecular flexibility index (Phi) is 5.67. The van der Waals surface area contributed by atoms with Crippen LogP contribution in [0.4, 0.5) is 5.82 Å². The summed E-state index contributed by atoms with van der Waals surface area (Å²) < 4.78 is 1.69. The van der Waals surface area contributed by atoms with Gasteiger partial charge in [0.05, 0.1) is 5.41 Å². The molecule has 160 valence electrons. The Balaban J connectivity index is 1.53. The van der Waals surface area contributed by atoms with Crippen molar-refractivity contribution in [3.63, 3.8) is 0 Å². The summed E-state index contributed by atoms with van der Waals surface area (Å²) >= 11 is 0. The molecule has 1 atom stereocenters. The minimum Gasteiger partial charge on any atom is -0.344 e. The third kappa shape index (κ3) is 3.75. The molecule has 1 aromatic heterocycles. The van der Waals surface area contributed by atoms with Crippen LogP contribution in [-0.2, 0) is 22.1 Å². The second-order valence-electron chi connectivity index (χ2n) is 9.07. The number of rotatable bonds is 5. The summed E-state index contributed by atoms with van der Waals surface area (Å²) in [6.45, 7) is 4.99. The Hall–Kier alpha value is -2.63. The molecule has 1 saturated heterocycles. The second kappa shape index (κ2) is 8.25.